The summed E-state index contributed by atoms with van der Waals surface area (Å²) >= 11 is 0. The standard InChI is InChI=1S/C16H21N9/c1-12-5-6-25(22-12)16-4-3-15(20-21-16)24-9-7-23(8-10-24)11-14-17-13(2)18-19-14/h3-6H,7-11H2,1-2H3,(H,17,18,19). The number of rotatable bonds is 4. The lowest BCUT2D eigenvalue weighted by Gasteiger charge is -2.34. The van der Waals surface area contributed by atoms with E-state index in [4.69, 9.17) is 0 Å². The van der Waals surface area contributed by atoms with Crippen molar-refractivity contribution in [3.05, 3.63) is 41.7 Å². The van der Waals surface area contributed by atoms with Gasteiger partial charge in [-0.1, -0.05) is 0 Å². The second kappa shape index (κ2) is 6.60. The van der Waals surface area contributed by atoms with Crippen molar-refractivity contribution < 1.29 is 0 Å². The van der Waals surface area contributed by atoms with E-state index in [1.807, 2.05) is 38.2 Å². The van der Waals surface area contributed by atoms with E-state index < -0.39 is 0 Å². The van der Waals surface area contributed by atoms with Crippen LogP contribution in [0.3, 0.4) is 0 Å². The van der Waals surface area contributed by atoms with Gasteiger partial charge in [0, 0.05) is 32.4 Å². The number of nitrogens with zero attached hydrogens (tertiary/aromatic N) is 8. The lowest BCUT2D eigenvalue weighted by atomic mass is 10.3. The summed E-state index contributed by atoms with van der Waals surface area (Å²) in [6.07, 6.45) is 1.89. The van der Waals surface area contributed by atoms with Crippen LogP contribution in [0.15, 0.2) is 24.4 Å². The molecule has 1 saturated heterocycles. The maximum absolute atomic E-state index is 4.37. The average molecular weight is 339 g/mol. The Bertz CT molecular complexity index is 827. The minimum Gasteiger partial charge on any atom is -0.353 e. The monoisotopic (exact) mass is 339 g/mol. The number of aromatic nitrogens is 7. The number of hydrogen-bond acceptors (Lipinski definition) is 7. The summed E-state index contributed by atoms with van der Waals surface area (Å²) in [4.78, 5) is 8.98. The lowest BCUT2D eigenvalue weighted by Crippen LogP contribution is -2.46. The van der Waals surface area contributed by atoms with Crippen LogP contribution in [-0.4, -0.2) is 66.2 Å². The van der Waals surface area contributed by atoms with E-state index in [0.717, 1.165) is 61.7 Å². The molecule has 0 spiro atoms. The van der Waals surface area contributed by atoms with Crippen LogP contribution in [-0.2, 0) is 6.54 Å². The SMILES string of the molecule is Cc1ccn(-c2ccc(N3CCN(Cc4n[nH]c(C)n4)CC3)nn2)n1. The van der Waals surface area contributed by atoms with Crippen molar-refractivity contribution in [1.29, 1.82) is 0 Å². The number of aryl methyl sites for hydroxylation is 2. The van der Waals surface area contributed by atoms with Gasteiger partial charge in [-0.05, 0) is 32.0 Å². The zero-order chi connectivity index (χ0) is 17.2. The van der Waals surface area contributed by atoms with Crippen LogP contribution in [0.4, 0.5) is 5.82 Å². The maximum Gasteiger partial charge on any atom is 0.175 e. The van der Waals surface area contributed by atoms with E-state index in [2.05, 4.69) is 40.3 Å². The molecule has 3 aromatic rings. The minimum absolute atomic E-state index is 0.732. The topological polar surface area (TPSA) is 91.7 Å². The number of nitrogens with one attached hydrogen (secondary N) is 1. The third-order valence-corrected chi connectivity index (χ3v) is 4.30. The van der Waals surface area contributed by atoms with Crippen molar-refractivity contribution in [1.82, 2.24) is 40.1 Å². The smallest absolute Gasteiger partial charge is 0.175 e. The molecule has 130 valence electrons. The average Bonchev–Trinajstić information content (AvgIpc) is 3.24. The highest BCUT2D eigenvalue weighted by Crippen LogP contribution is 2.15. The van der Waals surface area contributed by atoms with Gasteiger partial charge in [-0.2, -0.15) is 10.2 Å². The molecule has 1 fully saturated rings. The first-order chi connectivity index (χ1) is 12.2. The lowest BCUT2D eigenvalue weighted by molar-refractivity contribution is 0.243. The highest BCUT2D eigenvalue weighted by Gasteiger charge is 2.19. The molecule has 1 N–H and O–H groups in total. The first-order valence-corrected chi connectivity index (χ1v) is 8.39. The first-order valence-electron chi connectivity index (χ1n) is 8.39. The van der Waals surface area contributed by atoms with Gasteiger partial charge in [0.1, 0.15) is 5.82 Å². The first kappa shape index (κ1) is 15.7. The van der Waals surface area contributed by atoms with E-state index in [1.54, 1.807) is 4.68 Å². The minimum atomic E-state index is 0.732. The van der Waals surface area contributed by atoms with Gasteiger partial charge in [-0.15, -0.1) is 10.2 Å². The Morgan fingerprint density at radius 3 is 2.36 bits per heavy atom. The molecule has 0 unspecified atom stereocenters. The summed E-state index contributed by atoms with van der Waals surface area (Å²) in [6, 6.07) is 5.91. The Morgan fingerprint density at radius 2 is 1.76 bits per heavy atom. The highest BCUT2D eigenvalue weighted by molar-refractivity contribution is 5.40. The molecule has 0 aliphatic carbocycles. The van der Waals surface area contributed by atoms with E-state index in [-0.39, 0.29) is 0 Å². The molecule has 3 aromatic heterocycles. The van der Waals surface area contributed by atoms with Crippen molar-refractivity contribution in [2.24, 2.45) is 0 Å². The predicted octanol–water partition coefficient (Wildman–Crippen LogP) is 0.719. The largest absolute Gasteiger partial charge is 0.353 e. The molecule has 1 aliphatic heterocycles. The van der Waals surface area contributed by atoms with Gasteiger partial charge in [0.25, 0.3) is 0 Å². The summed E-state index contributed by atoms with van der Waals surface area (Å²) in [6.45, 7) is 8.39. The molecular weight excluding hydrogens is 318 g/mol. The summed E-state index contributed by atoms with van der Waals surface area (Å²) in [5, 5.41) is 20.1. The number of hydrogen-bond donors (Lipinski definition) is 1. The molecule has 9 heteroatoms. The third-order valence-electron chi connectivity index (χ3n) is 4.30. The Morgan fingerprint density at radius 1 is 1.00 bits per heavy atom. The molecule has 1 aliphatic rings. The van der Waals surface area contributed by atoms with Crippen molar-refractivity contribution in [2.75, 3.05) is 31.1 Å². The van der Waals surface area contributed by atoms with Crippen LogP contribution in [0.2, 0.25) is 0 Å². The normalized spacial score (nSPS) is 15.7. The van der Waals surface area contributed by atoms with E-state index in [9.17, 15) is 0 Å². The Balaban J connectivity index is 1.36. The van der Waals surface area contributed by atoms with Crippen molar-refractivity contribution in [3.63, 3.8) is 0 Å². The van der Waals surface area contributed by atoms with E-state index >= 15 is 0 Å². The van der Waals surface area contributed by atoms with Crippen LogP contribution in [0.25, 0.3) is 5.82 Å². The Hall–Kier alpha value is -2.81. The Labute approximate surface area is 145 Å². The maximum atomic E-state index is 4.37. The van der Waals surface area contributed by atoms with Crippen LogP contribution in [0.1, 0.15) is 17.3 Å². The number of anilines is 1. The zero-order valence-corrected chi connectivity index (χ0v) is 14.4. The van der Waals surface area contributed by atoms with Gasteiger partial charge in [0.05, 0.1) is 12.2 Å². The molecule has 0 radical (unpaired) electrons. The van der Waals surface area contributed by atoms with Gasteiger partial charge in [0.2, 0.25) is 0 Å². The second-order valence-electron chi connectivity index (χ2n) is 6.25. The zero-order valence-electron chi connectivity index (χ0n) is 14.4. The molecule has 9 nitrogen and oxygen atoms in total. The molecule has 0 atom stereocenters. The van der Waals surface area contributed by atoms with Gasteiger partial charge < -0.3 is 4.90 Å². The summed E-state index contributed by atoms with van der Waals surface area (Å²) < 4.78 is 1.74. The Kier molecular flexibility index (Phi) is 4.14. The van der Waals surface area contributed by atoms with Gasteiger partial charge in [-0.3, -0.25) is 10.00 Å². The molecule has 0 amide bonds. The van der Waals surface area contributed by atoms with Crippen molar-refractivity contribution in [3.8, 4) is 5.82 Å². The van der Waals surface area contributed by atoms with Crippen molar-refractivity contribution >= 4 is 5.82 Å². The quantitative estimate of drug-likeness (QED) is 0.749. The van der Waals surface area contributed by atoms with Crippen molar-refractivity contribution in [2.45, 2.75) is 20.4 Å². The molecule has 4 heterocycles. The highest BCUT2D eigenvalue weighted by atomic mass is 15.4. The fraction of sp³-hybridized carbons (Fsp3) is 0.438. The molecule has 0 aromatic carbocycles. The van der Waals surface area contributed by atoms with E-state index in [0.29, 0.717) is 0 Å². The van der Waals surface area contributed by atoms with Crippen LogP contribution < -0.4 is 4.90 Å². The van der Waals surface area contributed by atoms with Crippen LogP contribution in [0.5, 0.6) is 0 Å². The second-order valence-corrected chi connectivity index (χ2v) is 6.25. The third kappa shape index (κ3) is 3.50. The fourth-order valence-electron chi connectivity index (χ4n) is 2.95. The molecule has 25 heavy (non-hydrogen) atoms. The number of piperazine rings is 1. The molecular formula is C16H21N9. The molecule has 0 bridgehead atoms. The van der Waals surface area contributed by atoms with Crippen LogP contribution >= 0.6 is 0 Å². The van der Waals surface area contributed by atoms with Gasteiger partial charge in [0.15, 0.2) is 17.5 Å². The predicted molar refractivity (Wildman–Crippen MR) is 92.5 cm³/mol. The molecule has 4 rings (SSSR count). The summed E-state index contributed by atoms with van der Waals surface area (Å²) in [5.74, 6) is 3.34. The summed E-state index contributed by atoms with van der Waals surface area (Å²) in [5.41, 5.74) is 0.962. The van der Waals surface area contributed by atoms with Gasteiger partial charge >= 0.3 is 0 Å². The summed E-state index contributed by atoms with van der Waals surface area (Å²) in [7, 11) is 0. The number of aromatic amines is 1. The van der Waals surface area contributed by atoms with E-state index in [1.165, 1.54) is 0 Å². The number of H-pyrrole nitrogens is 1. The molecule has 0 saturated carbocycles. The van der Waals surface area contributed by atoms with Gasteiger partial charge in [-0.25, -0.2) is 9.67 Å². The van der Waals surface area contributed by atoms with Crippen LogP contribution in [0, 0.1) is 13.8 Å². The fourth-order valence-corrected chi connectivity index (χ4v) is 2.95.